The van der Waals surface area contributed by atoms with Gasteiger partial charge in [-0.25, -0.2) is 18.2 Å². The standard InChI is InChI=1S/C14H10F3N3/c15-9-4-2-1-3-8(9)7-20-13-6-11(17)10(16)5-12(13)19-14(20)18/h1-6H,7H2,(H2,18,19). The van der Waals surface area contributed by atoms with Gasteiger partial charge in [-0.15, -0.1) is 0 Å². The number of nitrogen functional groups attached to an aromatic ring is 1. The van der Waals surface area contributed by atoms with Gasteiger partial charge in [-0.05, 0) is 6.07 Å². The average molecular weight is 277 g/mol. The maximum atomic E-state index is 13.6. The summed E-state index contributed by atoms with van der Waals surface area (Å²) in [5.41, 5.74) is 6.69. The van der Waals surface area contributed by atoms with Gasteiger partial charge in [-0.1, -0.05) is 18.2 Å². The monoisotopic (exact) mass is 277 g/mol. The van der Waals surface area contributed by atoms with Gasteiger partial charge >= 0.3 is 0 Å². The maximum Gasteiger partial charge on any atom is 0.201 e. The Balaban J connectivity index is 2.14. The number of fused-ring (bicyclic) bond motifs is 1. The number of rotatable bonds is 2. The number of benzene rings is 2. The molecule has 2 aromatic carbocycles. The Bertz CT molecular complexity index is 796. The highest BCUT2D eigenvalue weighted by Crippen LogP contribution is 2.23. The quantitative estimate of drug-likeness (QED) is 0.782. The molecule has 6 heteroatoms. The molecule has 1 aromatic heterocycles. The maximum absolute atomic E-state index is 13.6. The Morgan fingerprint density at radius 1 is 1.00 bits per heavy atom. The van der Waals surface area contributed by atoms with E-state index in [0.29, 0.717) is 11.1 Å². The van der Waals surface area contributed by atoms with Crippen LogP contribution >= 0.6 is 0 Å². The molecule has 0 bridgehead atoms. The van der Waals surface area contributed by atoms with Crippen LogP contribution in [0, 0.1) is 17.5 Å². The minimum Gasteiger partial charge on any atom is -0.369 e. The Kier molecular flexibility index (Phi) is 2.85. The number of halogens is 3. The number of imidazole rings is 1. The summed E-state index contributed by atoms with van der Waals surface area (Å²) in [4.78, 5) is 3.95. The first-order chi connectivity index (χ1) is 9.56. The van der Waals surface area contributed by atoms with Crippen molar-refractivity contribution < 1.29 is 13.2 Å². The van der Waals surface area contributed by atoms with E-state index in [-0.39, 0.29) is 18.0 Å². The second-order valence-electron chi connectivity index (χ2n) is 4.40. The van der Waals surface area contributed by atoms with Crippen LogP contribution in [0.5, 0.6) is 0 Å². The van der Waals surface area contributed by atoms with Gasteiger partial charge in [-0.2, -0.15) is 0 Å². The van der Waals surface area contributed by atoms with E-state index in [9.17, 15) is 13.2 Å². The molecule has 0 saturated heterocycles. The molecular weight excluding hydrogens is 267 g/mol. The molecule has 1 heterocycles. The molecule has 0 saturated carbocycles. The van der Waals surface area contributed by atoms with Gasteiger partial charge in [0.05, 0.1) is 17.6 Å². The second-order valence-corrected chi connectivity index (χ2v) is 4.40. The number of nitrogens with two attached hydrogens (primary N) is 1. The molecule has 102 valence electrons. The fourth-order valence-electron chi connectivity index (χ4n) is 2.10. The Hall–Kier alpha value is -2.50. The largest absolute Gasteiger partial charge is 0.369 e. The van der Waals surface area contributed by atoms with Crippen LogP contribution < -0.4 is 5.73 Å². The third kappa shape index (κ3) is 1.99. The average Bonchev–Trinajstić information content (AvgIpc) is 2.69. The summed E-state index contributed by atoms with van der Waals surface area (Å²) in [6, 6.07) is 8.16. The lowest BCUT2D eigenvalue weighted by Gasteiger charge is -2.07. The molecule has 0 aliphatic heterocycles. The van der Waals surface area contributed by atoms with Crippen molar-refractivity contribution in [3.8, 4) is 0 Å². The molecular formula is C14H10F3N3. The molecule has 0 spiro atoms. The van der Waals surface area contributed by atoms with Gasteiger partial charge in [0.2, 0.25) is 5.95 Å². The van der Waals surface area contributed by atoms with E-state index in [4.69, 9.17) is 5.73 Å². The molecule has 3 aromatic rings. The lowest BCUT2D eigenvalue weighted by atomic mass is 10.2. The molecule has 3 nitrogen and oxygen atoms in total. The number of nitrogens with zero attached hydrogens (tertiary/aromatic N) is 2. The number of aromatic nitrogens is 2. The summed E-state index contributed by atoms with van der Waals surface area (Å²) in [5, 5.41) is 0. The molecule has 0 atom stereocenters. The van der Waals surface area contributed by atoms with Crippen LogP contribution in [0.25, 0.3) is 11.0 Å². The fourth-order valence-corrected chi connectivity index (χ4v) is 2.10. The fraction of sp³-hybridized carbons (Fsp3) is 0.0714. The minimum absolute atomic E-state index is 0.0771. The van der Waals surface area contributed by atoms with Crippen LogP contribution in [0.1, 0.15) is 5.56 Å². The normalized spacial score (nSPS) is 11.2. The summed E-state index contributed by atoms with van der Waals surface area (Å²) in [6.07, 6.45) is 0. The minimum atomic E-state index is -0.993. The molecule has 0 unspecified atom stereocenters. The van der Waals surface area contributed by atoms with E-state index in [1.807, 2.05) is 0 Å². The van der Waals surface area contributed by atoms with Crippen LogP contribution in [0.2, 0.25) is 0 Å². The first kappa shape index (κ1) is 12.5. The van der Waals surface area contributed by atoms with Gasteiger partial charge in [-0.3, -0.25) is 0 Å². The Morgan fingerprint density at radius 2 is 1.70 bits per heavy atom. The first-order valence-electron chi connectivity index (χ1n) is 5.90. The highest BCUT2D eigenvalue weighted by Gasteiger charge is 2.14. The topological polar surface area (TPSA) is 43.8 Å². The highest BCUT2D eigenvalue weighted by atomic mass is 19.2. The molecule has 3 rings (SSSR count). The van der Waals surface area contributed by atoms with Crippen molar-refractivity contribution in [2.24, 2.45) is 0 Å². The Morgan fingerprint density at radius 3 is 2.45 bits per heavy atom. The summed E-state index contributed by atoms with van der Waals surface area (Å²) >= 11 is 0. The van der Waals surface area contributed by atoms with Crippen molar-refractivity contribution >= 4 is 17.0 Å². The van der Waals surface area contributed by atoms with Crippen molar-refractivity contribution in [2.75, 3.05) is 5.73 Å². The van der Waals surface area contributed by atoms with Gasteiger partial charge in [0.15, 0.2) is 11.6 Å². The van der Waals surface area contributed by atoms with Crippen molar-refractivity contribution in [3.05, 3.63) is 59.4 Å². The van der Waals surface area contributed by atoms with Gasteiger partial charge in [0.25, 0.3) is 0 Å². The van der Waals surface area contributed by atoms with E-state index in [1.165, 1.54) is 10.6 Å². The third-order valence-corrected chi connectivity index (χ3v) is 3.11. The van der Waals surface area contributed by atoms with Crippen molar-refractivity contribution in [3.63, 3.8) is 0 Å². The van der Waals surface area contributed by atoms with E-state index in [0.717, 1.165) is 12.1 Å². The zero-order valence-corrected chi connectivity index (χ0v) is 10.3. The van der Waals surface area contributed by atoms with Crippen LogP contribution in [-0.4, -0.2) is 9.55 Å². The highest BCUT2D eigenvalue weighted by molar-refractivity contribution is 5.78. The molecule has 0 fully saturated rings. The molecule has 0 radical (unpaired) electrons. The SMILES string of the molecule is Nc1nc2cc(F)c(F)cc2n1Cc1ccccc1F. The summed E-state index contributed by atoms with van der Waals surface area (Å²) in [5.74, 6) is -2.30. The first-order valence-corrected chi connectivity index (χ1v) is 5.90. The van der Waals surface area contributed by atoms with Crippen molar-refractivity contribution in [1.82, 2.24) is 9.55 Å². The van der Waals surface area contributed by atoms with Crippen molar-refractivity contribution in [1.29, 1.82) is 0 Å². The van der Waals surface area contributed by atoms with E-state index < -0.39 is 17.5 Å². The van der Waals surface area contributed by atoms with Crippen LogP contribution in [0.3, 0.4) is 0 Å². The molecule has 0 amide bonds. The summed E-state index contributed by atoms with van der Waals surface area (Å²) in [6.45, 7) is 0.0973. The number of anilines is 1. The molecule has 2 N–H and O–H groups in total. The molecule has 20 heavy (non-hydrogen) atoms. The van der Waals surface area contributed by atoms with Crippen LogP contribution in [0.15, 0.2) is 36.4 Å². The predicted molar refractivity (Wildman–Crippen MR) is 69.6 cm³/mol. The second kappa shape index (κ2) is 4.56. The van der Waals surface area contributed by atoms with E-state index >= 15 is 0 Å². The number of hydrogen-bond donors (Lipinski definition) is 1. The lowest BCUT2D eigenvalue weighted by molar-refractivity contribution is 0.510. The summed E-state index contributed by atoms with van der Waals surface area (Å²) < 4.78 is 41.6. The third-order valence-electron chi connectivity index (χ3n) is 3.11. The Labute approximate surface area is 112 Å². The van der Waals surface area contributed by atoms with Crippen LogP contribution in [0.4, 0.5) is 19.1 Å². The van der Waals surface area contributed by atoms with Gasteiger partial charge in [0.1, 0.15) is 5.82 Å². The zero-order chi connectivity index (χ0) is 14.3. The smallest absolute Gasteiger partial charge is 0.201 e. The zero-order valence-electron chi connectivity index (χ0n) is 10.3. The van der Waals surface area contributed by atoms with Crippen LogP contribution in [-0.2, 0) is 6.54 Å². The van der Waals surface area contributed by atoms with Crippen molar-refractivity contribution in [2.45, 2.75) is 6.54 Å². The van der Waals surface area contributed by atoms with E-state index in [1.54, 1.807) is 18.2 Å². The van der Waals surface area contributed by atoms with Gasteiger partial charge in [0, 0.05) is 17.7 Å². The molecule has 0 aliphatic carbocycles. The van der Waals surface area contributed by atoms with Gasteiger partial charge < -0.3 is 10.3 Å². The number of hydrogen-bond acceptors (Lipinski definition) is 2. The summed E-state index contributed by atoms with van der Waals surface area (Å²) in [7, 11) is 0. The van der Waals surface area contributed by atoms with E-state index in [2.05, 4.69) is 4.98 Å². The molecule has 0 aliphatic rings. The lowest BCUT2D eigenvalue weighted by Crippen LogP contribution is -2.06. The predicted octanol–water partition coefficient (Wildman–Crippen LogP) is 3.08.